The van der Waals surface area contributed by atoms with Gasteiger partial charge in [0.15, 0.2) is 5.96 Å². The first-order chi connectivity index (χ1) is 13.3. The van der Waals surface area contributed by atoms with Gasteiger partial charge in [-0.3, -0.25) is 4.79 Å². The second-order valence-corrected chi connectivity index (χ2v) is 7.58. The summed E-state index contributed by atoms with van der Waals surface area (Å²) in [4.78, 5) is 24.6. The van der Waals surface area contributed by atoms with Crippen LogP contribution in [-0.4, -0.2) is 56.5 Å². The zero-order chi connectivity index (χ0) is 20.5. The van der Waals surface area contributed by atoms with E-state index >= 15 is 0 Å². The standard InChI is InChI=1S/C20H27BrN6O/c1-26(2)18-7-5-6-17(25-18)13-23-20(24-14-19(28)27(3)4)22-12-15-8-10-16(21)11-9-15/h5-11H,12-14H2,1-4H3,(H2,22,23,24). The molecule has 0 radical (unpaired) electrons. The van der Waals surface area contributed by atoms with Crippen molar-refractivity contribution >= 4 is 33.6 Å². The van der Waals surface area contributed by atoms with Gasteiger partial charge in [-0.2, -0.15) is 0 Å². The molecule has 0 saturated carbocycles. The van der Waals surface area contributed by atoms with Gasteiger partial charge in [-0.05, 0) is 29.8 Å². The largest absolute Gasteiger partial charge is 0.363 e. The minimum Gasteiger partial charge on any atom is -0.363 e. The van der Waals surface area contributed by atoms with Crippen LogP contribution in [0.15, 0.2) is 51.9 Å². The number of nitrogens with one attached hydrogen (secondary N) is 2. The van der Waals surface area contributed by atoms with Gasteiger partial charge in [-0.1, -0.05) is 34.1 Å². The van der Waals surface area contributed by atoms with E-state index in [1.54, 1.807) is 19.0 Å². The van der Waals surface area contributed by atoms with Gasteiger partial charge in [-0.15, -0.1) is 0 Å². The molecule has 0 fully saturated rings. The molecule has 0 aliphatic carbocycles. The van der Waals surface area contributed by atoms with Crippen LogP contribution in [0.2, 0.25) is 0 Å². The molecule has 7 nitrogen and oxygen atoms in total. The zero-order valence-electron chi connectivity index (χ0n) is 16.7. The fourth-order valence-electron chi connectivity index (χ4n) is 2.24. The number of carbonyl (C=O) groups excluding carboxylic acids is 1. The normalized spacial score (nSPS) is 11.1. The Morgan fingerprint density at radius 2 is 1.79 bits per heavy atom. The van der Waals surface area contributed by atoms with E-state index in [1.165, 1.54) is 0 Å². The third-order valence-electron chi connectivity index (χ3n) is 3.93. The third-order valence-corrected chi connectivity index (χ3v) is 4.45. The van der Waals surface area contributed by atoms with Crippen LogP contribution >= 0.6 is 15.9 Å². The Bertz CT molecular complexity index is 805. The molecular weight excluding hydrogens is 420 g/mol. The van der Waals surface area contributed by atoms with Gasteiger partial charge in [0.25, 0.3) is 0 Å². The maximum atomic E-state index is 11.9. The van der Waals surface area contributed by atoms with E-state index in [9.17, 15) is 4.79 Å². The van der Waals surface area contributed by atoms with Crippen molar-refractivity contribution in [2.45, 2.75) is 13.1 Å². The predicted octanol–water partition coefficient (Wildman–Crippen LogP) is 2.23. The predicted molar refractivity (Wildman–Crippen MR) is 117 cm³/mol. The number of hydrogen-bond acceptors (Lipinski definition) is 4. The van der Waals surface area contributed by atoms with Crippen molar-refractivity contribution < 1.29 is 4.79 Å². The molecule has 1 amide bonds. The van der Waals surface area contributed by atoms with Crippen molar-refractivity contribution in [3.8, 4) is 0 Å². The highest BCUT2D eigenvalue weighted by Crippen LogP contribution is 2.11. The summed E-state index contributed by atoms with van der Waals surface area (Å²) in [7, 11) is 7.37. The van der Waals surface area contributed by atoms with Crippen LogP contribution in [0.1, 0.15) is 11.3 Å². The quantitative estimate of drug-likeness (QED) is 0.503. The molecule has 0 bridgehead atoms. The van der Waals surface area contributed by atoms with Gasteiger partial charge in [-0.25, -0.2) is 9.98 Å². The Labute approximate surface area is 175 Å². The van der Waals surface area contributed by atoms with E-state index in [0.717, 1.165) is 21.5 Å². The number of rotatable bonds is 7. The maximum absolute atomic E-state index is 11.9. The summed E-state index contributed by atoms with van der Waals surface area (Å²) in [5.74, 6) is 1.43. The Morgan fingerprint density at radius 1 is 1.07 bits per heavy atom. The number of guanidine groups is 1. The molecule has 0 saturated heterocycles. The van der Waals surface area contributed by atoms with Crippen molar-refractivity contribution in [3.63, 3.8) is 0 Å². The van der Waals surface area contributed by atoms with Crippen LogP contribution in [0.5, 0.6) is 0 Å². The number of aromatic nitrogens is 1. The molecule has 2 rings (SSSR count). The summed E-state index contributed by atoms with van der Waals surface area (Å²) in [6, 6.07) is 13.9. The summed E-state index contributed by atoms with van der Waals surface area (Å²) in [5, 5.41) is 6.35. The van der Waals surface area contributed by atoms with Crippen LogP contribution in [0.3, 0.4) is 0 Å². The van der Waals surface area contributed by atoms with Crippen molar-refractivity contribution in [3.05, 3.63) is 58.2 Å². The van der Waals surface area contributed by atoms with Crippen LogP contribution in [0.25, 0.3) is 0 Å². The molecule has 28 heavy (non-hydrogen) atoms. The van der Waals surface area contributed by atoms with Gasteiger partial charge < -0.3 is 20.4 Å². The summed E-state index contributed by atoms with van der Waals surface area (Å²) >= 11 is 3.43. The summed E-state index contributed by atoms with van der Waals surface area (Å²) in [5.41, 5.74) is 1.97. The first-order valence-corrected chi connectivity index (χ1v) is 9.74. The minimum absolute atomic E-state index is 0.0223. The second kappa shape index (κ2) is 10.7. The maximum Gasteiger partial charge on any atom is 0.241 e. The second-order valence-electron chi connectivity index (χ2n) is 6.67. The summed E-state index contributed by atoms with van der Waals surface area (Å²) in [6.45, 7) is 1.18. The molecule has 0 unspecified atom stereocenters. The van der Waals surface area contributed by atoms with Crippen molar-refractivity contribution in [2.75, 3.05) is 39.6 Å². The highest BCUT2D eigenvalue weighted by atomic mass is 79.9. The van der Waals surface area contributed by atoms with Gasteiger partial charge >= 0.3 is 0 Å². The van der Waals surface area contributed by atoms with Gasteiger partial charge in [0.2, 0.25) is 5.91 Å². The molecule has 0 spiro atoms. The molecule has 0 aliphatic rings. The highest BCUT2D eigenvalue weighted by Gasteiger charge is 2.07. The Hall–Kier alpha value is -2.61. The fourth-order valence-corrected chi connectivity index (χ4v) is 2.50. The average molecular weight is 447 g/mol. The Balaban J connectivity index is 2.06. The molecule has 1 aromatic heterocycles. The van der Waals surface area contributed by atoms with E-state index in [2.05, 4.69) is 36.5 Å². The lowest BCUT2D eigenvalue weighted by Gasteiger charge is -2.16. The van der Waals surface area contributed by atoms with Crippen molar-refractivity contribution in [1.29, 1.82) is 0 Å². The number of aliphatic imine (C=N–C) groups is 1. The molecule has 1 heterocycles. The van der Waals surface area contributed by atoms with Gasteiger partial charge in [0.05, 0.1) is 25.3 Å². The fraction of sp³-hybridized carbons (Fsp3) is 0.350. The zero-order valence-corrected chi connectivity index (χ0v) is 18.3. The van der Waals surface area contributed by atoms with Gasteiger partial charge in [0, 0.05) is 32.7 Å². The SMILES string of the molecule is CN(C)C(=O)CNC(=NCc1ccc(Br)cc1)NCc1cccc(N(C)C)n1. The van der Waals surface area contributed by atoms with Crippen LogP contribution in [0.4, 0.5) is 5.82 Å². The minimum atomic E-state index is -0.0223. The number of benzene rings is 1. The molecule has 150 valence electrons. The van der Waals surface area contributed by atoms with E-state index in [0.29, 0.717) is 19.0 Å². The van der Waals surface area contributed by atoms with E-state index in [4.69, 9.17) is 0 Å². The molecule has 2 N–H and O–H groups in total. The number of hydrogen-bond donors (Lipinski definition) is 2. The van der Waals surface area contributed by atoms with Crippen LogP contribution in [-0.2, 0) is 17.9 Å². The van der Waals surface area contributed by atoms with Crippen molar-refractivity contribution in [2.24, 2.45) is 4.99 Å². The number of halogens is 1. The topological polar surface area (TPSA) is 72.9 Å². The monoisotopic (exact) mass is 446 g/mol. The Morgan fingerprint density at radius 3 is 2.43 bits per heavy atom. The molecule has 8 heteroatoms. The first kappa shape index (κ1) is 21.7. The number of amides is 1. The summed E-state index contributed by atoms with van der Waals surface area (Å²) < 4.78 is 1.03. The highest BCUT2D eigenvalue weighted by molar-refractivity contribution is 9.10. The van der Waals surface area contributed by atoms with Crippen molar-refractivity contribution in [1.82, 2.24) is 20.5 Å². The number of pyridine rings is 1. The van der Waals surface area contributed by atoms with Crippen LogP contribution < -0.4 is 15.5 Å². The molecular formula is C20H27BrN6O. The molecule has 0 aliphatic heterocycles. The summed E-state index contributed by atoms with van der Waals surface area (Å²) in [6.07, 6.45) is 0. The lowest BCUT2D eigenvalue weighted by Crippen LogP contribution is -2.42. The van der Waals surface area contributed by atoms with Gasteiger partial charge in [0.1, 0.15) is 5.82 Å². The third kappa shape index (κ3) is 7.19. The first-order valence-electron chi connectivity index (χ1n) is 8.95. The molecule has 2 aromatic rings. The number of carbonyl (C=O) groups is 1. The van der Waals surface area contributed by atoms with E-state index in [-0.39, 0.29) is 12.5 Å². The number of likely N-dealkylation sites (N-methyl/N-ethyl adjacent to an activating group) is 1. The lowest BCUT2D eigenvalue weighted by molar-refractivity contribution is -0.127. The lowest BCUT2D eigenvalue weighted by atomic mass is 10.2. The Kier molecular flexibility index (Phi) is 8.25. The molecule has 1 aromatic carbocycles. The van der Waals surface area contributed by atoms with Crippen LogP contribution in [0, 0.1) is 0 Å². The number of anilines is 1. The molecule has 0 atom stereocenters. The smallest absolute Gasteiger partial charge is 0.241 e. The van der Waals surface area contributed by atoms with E-state index < -0.39 is 0 Å². The number of nitrogens with zero attached hydrogens (tertiary/aromatic N) is 4. The average Bonchev–Trinajstić information content (AvgIpc) is 2.68. The van der Waals surface area contributed by atoms with E-state index in [1.807, 2.05) is 61.5 Å².